The minimum Gasteiger partial charge on any atom is -0.478 e. The summed E-state index contributed by atoms with van der Waals surface area (Å²) in [7, 11) is 0. The summed E-state index contributed by atoms with van der Waals surface area (Å²) in [5.74, 6) is 0.233. The van der Waals surface area contributed by atoms with Crippen LogP contribution in [-0.2, 0) is 16.9 Å². The summed E-state index contributed by atoms with van der Waals surface area (Å²) < 4.78 is 8.07. The van der Waals surface area contributed by atoms with Gasteiger partial charge in [-0.2, -0.15) is 0 Å². The molecule has 3 heterocycles. The number of carbonyl (C=O) groups is 1. The molecule has 2 aromatic heterocycles. The van der Waals surface area contributed by atoms with E-state index < -0.39 is 17.6 Å². The number of carboxylic acid groups (broad SMARTS) is 1. The van der Waals surface area contributed by atoms with Crippen molar-refractivity contribution in [1.29, 1.82) is 0 Å². The van der Waals surface area contributed by atoms with E-state index in [-0.39, 0.29) is 12.6 Å². The second-order valence-electron chi connectivity index (χ2n) is 8.31. The topological polar surface area (TPSA) is 115 Å². The lowest BCUT2D eigenvalue weighted by Gasteiger charge is -2.39. The Balaban J connectivity index is 1.78. The van der Waals surface area contributed by atoms with Crippen molar-refractivity contribution >= 4 is 5.97 Å². The van der Waals surface area contributed by atoms with Crippen LogP contribution in [0.1, 0.15) is 34.2 Å². The molecular formula is C25H24N6O3. The number of aliphatic carboxylic acids is 1. The minimum atomic E-state index is -1.39. The molecule has 34 heavy (non-hydrogen) atoms. The van der Waals surface area contributed by atoms with E-state index >= 15 is 0 Å². The molecular weight excluding hydrogens is 432 g/mol. The number of aromatic nitrogens is 5. The molecule has 2 N–H and O–H groups in total. The first-order valence-corrected chi connectivity index (χ1v) is 10.9. The van der Waals surface area contributed by atoms with Crippen LogP contribution in [0.15, 0.2) is 60.7 Å². The molecule has 5 rings (SSSR count). The van der Waals surface area contributed by atoms with Gasteiger partial charge in [-0.05, 0) is 38.5 Å². The number of hydrogen-bond acceptors (Lipinski definition) is 7. The van der Waals surface area contributed by atoms with E-state index in [9.17, 15) is 9.90 Å². The van der Waals surface area contributed by atoms with Crippen LogP contribution in [0.5, 0.6) is 6.01 Å². The summed E-state index contributed by atoms with van der Waals surface area (Å²) in [5, 5.41) is 22.6. The molecule has 0 fully saturated rings. The van der Waals surface area contributed by atoms with Gasteiger partial charge < -0.3 is 9.84 Å². The standard InChI is InChI=1S/C25H24N6O3/c1-15-13-16(2)28-24(27-15)34-22(23(32)33)25(18-9-5-4-6-10-18)19-11-7-8-12-20(19)31-17(3)29-30-21(31)14-26-25/h4-13,22,26H,14H2,1-3H3,(H,32,33). The summed E-state index contributed by atoms with van der Waals surface area (Å²) >= 11 is 0. The highest BCUT2D eigenvalue weighted by Gasteiger charge is 2.51. The minimum absolute atomic E-state index is 0.0133. The first kappa shape index (κ1) is 21.7. The molecule has 2 unspecified atom stereocenters. The van der Waals surface area contributed by atoms with E-state index in [2.05, 4.69) is 25.5 Å². The van der Waals surface area contributed by atoms with Gasteiger partial charge in [0.1, 0.15) is 11.4 Å². The van der Waals surface area contributed by atoms with Crippen molar-refractivity contribution in [2.24, 2.45) is 0 Å². The van der Waals surface area contributed by atoms with Crippen LogP contribution >= 0.6 is 0 Å². The van der Waals surface area contributed by atoms with Gasteiger partial charge in [0.05, 0.1) is 12.2 Å². The number of rotatable bonds is 5. The molecule has 4 aromatic rings. The highest BCUT2D eigenvalue weighted by molar-refractivity contribution is 5.77. The second-order valence-corrected chi connectivity index (χ2v) is 8.31. The maximum absolute atomic E-state index is 12.9. The number of fused-ring (bicyclic) bond motifs is 3. The first-order chi connectivity index (χ1) is 16.4. The molecule has 0 spiro atoms. The van der Waals surface area contributed by atoms with Crippen LogP contribution in [0.3, 0.4) is 0 Å². The Labute approximate surface area is 196 Å². The lowest BCUT2D eigenvalue weighted by molar-refractivity contribution is -0.149. The summed E-state index contributed by atoms with van der Waals surface area (Å²) in [6.45, 7) is 5.78. The Bertz CT molecular complexity index is 1350. The fourth-order valence-corrected chi connectivity index (χ4v) is 4.67. The van der Waals surface area contributed by atoms with Gasteiger partial charge in [-0.25, -0.2) is 14.8 Å². The molecule has 172 valence electrons. The van der Waals surface area contributed by atoms with Crippen LogP contribution in [-0.4, -0.2) is 41.9 Å². The van der Waals surface area contributed by atoms with Crippen molar-refractivity contribution in [3.8, 4) is 11.7 Å². The molecule has 1 aliphatic heterocycles. The molecule has 9 nitrogen and oxygen atoms in total. The third kappa shape index (κ3) is 3.50. The highest BCUT2D eigenvalue weighted by Crippen LogP contribution is 2.41. The average molecular weight is 457 g/mol. The fourth-order valence-electron chi connectivity index (χ4n) is 4.67. The summed E-state index contributed by atoms with van der Waals surface area (Å²) in [6, 6.07) is 18.9. The van der Waals surface area contributed by atoms with Gasteiger partial charge in [0.2, 0.25) is 6.10 Å². The Morgan fingerprint density at radius 3 is 2.41 bits per heavy atom. The molecule has 0 aliphatic carbocycles. The molecule has 2 aromatic carbocycles. The van der Waals surface area contributed by atoms with Crippen molar-refractivity contribution in [1.82, 2.24) is 30.0 Å². The van der Waals surface area contributed by atoms with Crippen molar-refractivity contribution in [2.75, 3.05) is 0 Å². The molecule has 0 amide bonds. The quantitative estimate of drug-likeness (QED) is 0.471. The Morgan fingerprint density at radius 1 is 1.03 bits per heavy atom. The van der Waals surface area contributed by atoms with Crippen molar-refractivity contribution in [3.05, 3.63) is 94.8 Å². The van der Waals surface area contributed by atoms with Gasteiger partial charge in [-0.3, -0.25) is 9.88 Å². The van der Waals surface area contributed by atoms with Crippen LogP contribution in [0.4, 0.5) is 0 Å². The zero-order chi connectivity index (χ0) is 23.9. The van der Waals surface area contributed by atoms with Crippen LogP contribution in [0.2, 0.25) is 0 Å². The normalized spacial score (nSPS) is 17.9. The monoisotopic (exact) mass is 456 g/mol. The molecule has 9 heteroatoms. The summed E-state index contributed by atoms with van der Waals surface area (Å²) in [5.41, 5.74) is 2.34. The van der Waals surface area contributed by atoms with E-state index in [0.717, 1.165) is 16.8 Å². The average Bonchev–Trinajstić information content (AvgIpc) is 3.11. The van der Waals surface area contributed by atoms with Gasteiger partial charge in [0.25, 0.3) is 0 Å². The van der Waals surface area contributed by atoms with E-state index in [1.165, 1.54) is 0 Å². The number of nitrogens with one attached hydrogen (secondary N) is 1. The van der Waals surface area contributed by atoms with Crippen LogP contribution in [0, 0.1) is 20.8 Å². The van der Waals surface area contributed by atoms with Crippen molar-refractivity contribution in [3.63, 3.8) is 0 Å². The third-order valence-electron chi connectivity index (χ3n) is 6.02. The largest absolute Gasteiger partial charge is 0.478 e. The van der Waals surface area contributed by atoms with Gasteiger partial charge in [-0.1, -0.05) is 48.5 Å². The zero-order valence-electron chi connectivity index (χ0n) is 19.1. The number of nitrogens with zero attached hydrogens (tertiary/aromatic N) is 5. The molecule has 1 aliphatic rings. The lowest BCUT2D eigenvalue weighted by Crippen LogP contribution is -2.57. The smallest absolute Gasteiger partial charge is 0.347 e. The predicted octanol–water partition coefficient (Wildman–Crippen LogP) is 2.86. The molecule has 0 saturated carbocycles. The SMILES string of the molecule is Cc1cc(C)nc(OC(C(=O)O)C2(c3ccccc3)NCc3nnc(C)n3-c3ccccc32)n1. The summed E-state index contributed by atoms with van der Waals surface area (Å²) in [6.07, 6.45) is -1.39. The maximum Gasteiger partial charge on any atom is 0.347 e. The highest BCUT2D eigenvalue weighted by atomic mass is 16.5. The molecule has 0 radical (unpaired) electrons. The second kappa shape index (κ2) is 8.35. The van der Waals surface area contributed by atoms with Gasteiger partial charge in [-0.15, -0.1) is 10.2 Å². The van der Waals surface area contributed by atoms with E-state index in [1.807, 2.05) is 86.0 Å². The molecule has 2 atom stereocenters. The Hall–Kier alpha value is -4.11. The Kier molecular flexibility index (Phi) is 5.33. The lowest BCUT2D eigenvalue weighted by atomic mass is 9.77. The number of aryl methyl sites for hydroxylation is 3. The number of ether oxygens (including phenoxy) is 1. The third-order valence-corrected chi connectivity index (χ3v) is 6.02. The first-order valence-electron chi connectivity index (χ1n) is 10.9. The number of para-hydroxylation sites is 1. The van der Waals surface area contributed by atoms with Crippen LogP contribution < -0.4 is 10.1 Å². The van der Waals surface area contributed by atoms with E-state index in [1.54, 1.807) is 0 Å². The van der Waals surface area contributed by atoms with E-state index in [0.29, 0.717) is 23.0 Å². The number of carboxylic acids is 1. The fraction of sp³-hybridized carbons (Fsp3) is 0.240. The van der Waals surface area contributed by atoms with Gasteiger partial charge >= 0.3 is 12.0 Å². The van der Waals surface area contributed by atoms with Gasteiger partial charge in [0, 0.05) is 17.0 Å². The number of hydrogen-bond donors (Lipinski definition) is 2. The van der Waals surface area contributed by atoms with Gasteiger partial charge in [0.15, 0.2) is 5.82 Å². The Morgan fingerprint density at radius 2 is 1.71 bits per heavy atom. The van der Waals surface area contributed by atoms with Crippen molar-refractivity contribution in [2.45, 2.75) is 39.0 Å². The number of benzene rings is 2. The molecule has 0 saturated heterocycles. The predicted molar refractivity (Wildman–Crippen MR) is 124 cm³/mol. The maximum atomic E-state index is 12.9. The zero-order valence-corrected chi connectivity index (χ0v) is 19.1. The molecule has 0 bridgehead atoms. The van der Waals surface area contributed by atoms with Crippen molar-refractivity contribution < 1.29 is 14.6 Å². The van der Waals surface area contributed by atoms with E-state index in [4.69, 9.17) is 4.74 Å². The van der Waals surface area contributed by atoms with Crippen LogP contribution in [0.25, 0.3) is 5.69 Å². The summed E-state index contributed by atoms with van der Waals surface area (Å²) in [4.78, 5) is 21.6.